The van der Waals surface area contributed by atoms with E-state index < -0.39 is 5.97 Å². The predicted octanol–water partition coefficient (Wildman–Crippen LogP) is 3.31. The topological polar surface area (TPSA) is 61.4 Å². The van der Waals surface area contributed by atoms with Crippen LogP contribution in [0.25, 0.3) is 0 Å². The normalized spacial score (nSPS) is 21.0. The molecule has 2 rings (SSSR count). The Kier molecular flexibility index (Phi) is 6.80. The van der Waals surface area contributed by atoms with E-state index >= 15 is 0 Å². The van der Waals surface area contributed by atoms with Crippen LogP contribution in [0.15, 0.2) is 23.4 Å². The first-order chi connectivity index (χ1) is 10.3. The Bertz CT molecular complexity index is 402. The fourth-order valence-electron chi connectivity index (χ4n) is 3.03. The van der Waals surface area contributed by atoms with Gasteiger partial charge in [-0.2, -0.15) is 0 Å². The van der Waals surface area contributed by atoms with Gasteiger partial charge in [-0.25, -0.2) is 0 Å². The second-order valence-electron chi connectivity index (χ2n) is 6.08. The van der Waals surface area contributed by atoms with E-state index in [-0.39, 0.29) is 0 Å². The van der Waals surface area contributed by atoms with Crippen LogP contribution < -0.4 is 10.6 Å². The summed E-state index contributed by atoms with van der Waals surface area (Å²) in [5.41, 5.74) is 2.84. The lowest BCUT2D eigenvalue weighted by atomic mass is 9.98. The fraction of sp³-hybridized carbons (Fsp3) is 0.706. The Labute approximate surface area is 127 Å². The highest BCUT2D eigenvalue weighted by molar-refractivity contribution is 5.66. The number of allylic oxidation sites excluding steroid dienone is 3. The highest BCUT2D eigenvalue weighted by Gasteiger charge is 2.20. The number of hydrogen-bond donors (Lipinski definition) is 3. The number of carbonyl (C=O) groups is 1. The highest BCUT2D eigenvalue weighted by Crippen LogP contribution is 2.21. The van der Waals surface area contributed by atoms with E-state index in [1.165, 1.54) is 43.4 Å². The molecule has 0 amide bonds. The first-order valence-electron chi connectivity index (χ1n) is 8.37. The van der Waals surface area contributed by atoms with Crippen molar-refractivity contribution in [2.24, 2.45) is 0 Å². The summed E-state index contributed by atoms with van der Waals surface area (Å²) in [5, 5.41) is 15.7. The SMILES string of the molecule is O=C(O)CCCCCCCCC1=CC=C2CCCNC2N1. The molecule has 1 fully saturated rings. The number of nitrogens with one attached hydrogen (secondary N) is 2. The van der Waals surface area contributed by atoms with Gasteiger partial charge in [0.15, 0.2) is 0 Å². The van der Waals surface area contributed by atoms with Crippen LogP contribution in [0.1, 0.15) is 64.2 Å². The molecule has 0 aromatic rings. The van der Waals surface area contributed by atoms with E-state index in [4.69, 9.17) is 5.11 Å². The molecular weight excluding hydrogens is 264 g/mol. The molecule has 2 aliphatic rings. The molecule has 0 aliphatic carbocycles. The number of hydrogen-bond acceptors (Lipinski definition) is 3. The number of dihydropyridines is 1. The molecule has 21 heavy (non-hydrogen) atoms. The van der Waals surface area contributed by atoms with Crippen LogP contribution in [0.5, 0.6) is 0 Å². The summed E-state index contributed by atoms with van der Waals surface area (Å²) in [5.74, 6) is -0.672. The van der Waals surface area contributed by atoms with E-state index in [9.17, 15) is 4.79 Å². The van der Waals surface area contributed by atoms with Crippen LogP contribution in [-0.4, -0.2) is 23.8 Å². The second-order valence-corrected chi connectivity index (χ2v) is 6.08. The monoisotopic (exact) mass is 292 g/mol. The maximum absolute atomic E-state index is 10.4. The Balaban J connectivity index is 1.52. The largest absolute Gasteiger partial charge is 0.481 e. The molecule has 0 saturated carbocycles. The smallest absolute Gasteiger partial charge is 0.303 e. The van der Waals surface area contributed by atoms with Crippen molar-refractivity contribution in [3.05, 3.63) is 23.4 Å². The zero-order chi connectivity index (χ0) is 14.9. The number of piperidine rings is 1. The zero-order valence-electron chi connectivity index (χ0n) is 12.9. The summed E-state index contributed by atoms with van der Waals surface area (Å²) in [7, 11) is 0. The van der Waals surface area contributed by atoms with Gasteiger partial charge in [-0.05, 0) is 50.3 Å². The number of fused-ring (bicyclic) bond motifs is 1. The maximum Gasteiger partial charge on any atom is 0.303 e. The Hall–Kier alpha value is -1.29. The van der Waals surface area contributed by atoms with Gasteiger partial charge in [0.2, 0.25) is 0 Å². The van der Waals surface area contributed by atoms with Gasteiger partial charge < -0.3 is 10.4 Å². The lowest BCUT2D eigenvalue weighted by molar-refractivity contribution is -0.137. The van der Waals surface area contributed by atoms with Crippen molar-refractivity contribution in [2.45, 2.75) is 70.4 Å². The maximum atomic E-state index is 10.4. The van der Waals surface area contributed by atoms with Crippen LogP contribution >= 0.6 is 0 Å². The third-order valence-corrected chi connectivity index (χ3v) is 4.28. The number of carboxylic acids is 1. The molecule has 1 saturated heterocycles. The van der Waals surface area contributed by atoms with E-state index in [0.717, 1.165) is 32.2 Å². The molecule has 0 radical (unpaired) electrons. The molecule has 1 atom stereocenters. The number of rotatable bonds is 9. The molecule has 118 valence electrons. The summed E-state index contributed by atoms with van der Waals surface area (Å²) in [4.78, 5) is 10.4. The lowest BCUT2D eigenvalue weighted by Crippen LogP contribution is -2.47. The minimum Gasteiger partial charge on any atom is -0.481 e. The molecule has 4 nitrogen and oxygen atoms in total. The summed E-state index contributed by atoms with van der Waals surface area (Å²) >= 11 is 0. The van der Waals surface area contributed by atoms with Crippen molar-refractivity contribution in [3.8, 4) is 0 Å². The van der Waals surface area contributed by atoms with Gasteiger partial charge in [-0.1, -0.05) is 31.8 Å². The molecular formula is C17H28N2O2. The summed E-state index contributed by atoms with van der Waals surface area (Å²) in [6.07, 6.45) is 15.5. The van der Waals surface area contributed by atoms with E-state index in [2.05, 4.69) is 22.8 Å². The van der Waals surface area contributed by atoms with E-state index in [1.807, 2.05) is 0 Å². The third-order valence-electron chi connectivity index (χ3n) is 4.28. The average Bonchev–Trinajstić information content (AvgIpc) is 2.49. The number of unbranched alkanes of at least 4 members (excludes halogenated alkanes) is 5. The minimum atomic E-state index is -0.672. The molecule has 4 heteroatoms. The average molecular weight is 292 g/mol. The van der Waals surface area contributed by atoms with Crippen molar-refractivity contribution >= 4 is 5.97 Å². The Morgan fingerprint density at radius 3 is 2.71 bits per heavy atom. The molecule has 3 N–H and O–H groups in total. The molecule has 2 aliphatic heterocycles. The van der Waals surface area contributed by atoms with Crippen LogP contribution in [-0.2, 0) is 4.79 Å². The minimum absolute atomic E-state index is 0.319. The molecule has 0 spiro atoms. The van der Waals surface area contributed by atoms with Crippen molar-refractivity contribution in [2.75, 3.05) is 6.54 Å². The molecule has 0 bridgehead atoms. The molecule has 0 aromatic heterocycles. The molecule has 2 heterocycles. The highest BCUT2D eigenvalue weighted by atomic mass is 16.4. The van der Waals surface area contributed by atoms with Gasteiger partial charge in [-0.3, -0.25) is 10.1 Å². The number of carboxylic acid groups (broad SMARTS) is 1. The quantitative estimate of drug-likeness (QED) is 0.571. The predicted molar refractivity (Wildman–Crippen MR) is 84.9 cm³/mol. The van der Waals surface area contributed by atoms with Gasteiger partial charge in [0, 0.05) is 12.1 Å². The zero-order valence-corrected chi connectivity index (χ0v) is 12.9. The van der Waals surface area contributed by atoms with Gasteiger partial charge in [-0.15, -0.1) is 0 Å². The lowest BCUT2D eigenvalue weighted by Gasteiger charge is -2.32. The first-order valence-corrected chi connectivity index (χ1v) is 8.37. The second kappa shape index (κ2) is 8.88. The molecule has 0 aromatic carbocycles. The molecule has 1 unspecified atom stereocenters. The first kappa shape index (κ1) is 16.1. The van der Waals surface area contributed by atoms with Gasteiger partial charge >= 0.3 is 5.97 Å². The summed E-state index contributed by atoms with van der Waals surface area (Å²) in [6.45, 7) is 1.11. The summed E-state index contributed by atoms with van der Waals surface area (Å²) in [6, 6.07) is 0. The fourth-order valence-corrected chi connectivity index (χ4v) is 3.03. The van der Waals surface area contributed by atoms with Gasteiger partial charge in [0.25, 0.3) is 0 Å². The third kappa shape index (κ3) is 5.92. The van der Waals surface area contributed by atoms with Gasteiger partial charge in [0.05, 0.1) is 6.17 Å². The van der Waals surface area contributed by atoms with E-state index in [0.29, 0.717) is 12.6 Å². The van der Waals surface area contributed by atoms with Crippen molar-refractivity contribution in [1.29, 1.82) is 0 Å². The van der Waals surface area contributed by atoms with Crippen LogP contribution in [0.3, 0.4) is 0 Å². The van der Waals surface area contributed by atoms with Crippen molar-refractivity contribution in [1.82, 2.24) is 10.6 Å². The van der Waals surface area contributed by atoms with Crippen molar-refractivity contribution < 1.29 is 9.90 Å². The van der Waals surface area contributed by atoms with Crippen LogP contribution in [0, 0.1) is 0 Å². The van der Waals surface area contributed by atoms with Crippen LogP contribution in [0.2, 0.25) is 0 Å². The Morgan fingerprint density at radius 2 is 1.90 bits per heavy atom. The Morgan fingerprint density at radius 1 is 1.14 bits per heavy atom. The van der Waals surface area contributed by atoms with Gasteiger partial charge in [0.1, 0.15) is 0 Å². The van der Waals surface area contributed by atoms with Crippen molar-refractivity contribution in [3.63, 3.8) is 0 Å². The standard InChI is InChI=1S/C17H28N2O2/c20-16(21)10-6-4-2-1-3-5-9-15-12-11-14-8-7-13-18-17(14)19-15/h11-12,17-19H,1-10,13H2,(H,20,21). The van der Waals surface area contributed by atoms with E-state index in [1.54, 1.807) is 0 Å². The summed E-state index contributed by atoms with van der Waals surface area (Å²) < 4.78 is 0. The number of aliphatic carboxylic acids is 1. The van der Waals surface area contributed by atoms with Crippen LogP contribution in [0.4, 0.5) is 0 Å².